The highest BCUT2D eigenvalue weighted by atomic mass is 79.9. The highest BCUT2D eigenvalue weighted by Gasteiger charge is 2.00. The van der Waals surface area contributed by atoms with Crippen LogP contribution in [0, 0.1) is 0 Å². The normalized spacial score (nSPS) is 10.9. The summed E-state index contributed by atoms with van der Waals surface area (Å²) in [5.41, 5.74) is 6.92. The molecule has 1 aromatic heterocycles. The van der Waals surface area contributed by atoms with Crippen molar-refractivity contribution in [2.75, 3.05) is 5.73 Å². The summed E-state index contributed by atoms with van der Waals surface area (Å²) in [6.07, 6.45) is 4.98. The van der Waals surface area contributed by atoms with Crippen LogP contribution in [-0.2, 0) is 6.54 Å². The summed E-state index contributed by atoms with van der Waals surface area (Å²) >= 11 is 8.48. The Kier molecular flexibility index (Phi) is 3.57. The van der Waals surface area contributed by atoms with Crippen LogP contribution in [0.4, 0.5) is 5.69 Å². The first-order chi connectivity index (χ1) is 6.15. The maximum absolute atomic E-state index is 11.2. The van der Waals surface area contributed by atoms with Crippen LogP contribution in [0.1, 0.15) is 0 Å². The summed E-state index contributed by atoms with van der Waals surface area (Å²) in [6, 6.07) is 0. The average molecular weight is 264 g/mol. The lowest BCUT2D eigenvalue weighted by atomic mass is 10.4. The molecular formula is C8H8BrClN2O. The number of rotatable bonds is 2. The summed E-state index contributed by atoms with van der Waals surface area (Å²) in [5, 5.41) is 0. The molecule has 0 aliphatic carbocycles. The third-order valence-corrected chi connectivity index (χ3v) is 2.21. The van der Waals surface area contributed by atoms with Gasteiger partial charge in [-0.3, -0.25) is 4.79 Å². The van der Waals surface area contributed by atoms with Crippen molar-refractivity contribution in [1.82, 2.24) is 4.57 Å². The number of nitrogens with two attached hydrogens (primary N) is 1. The van der Waals surface area contributed by atoms with E-state index in [4.69, 9.17) is 17.3 Å². The molecule has 70 valence electrons. The first-order valence-electron chi connectivity index (χ1n) is 3.55. The van der Waals surface area contributed by atoms with Gasteiger partial charge in [-0.05, 0) is 15.9 Å². The predicted octanol–water partition coefficient (Wildman–Crippen LogP) is 1.95. The smallest absolute Gasteiger partial charge is 0.218 e. The number of anilines is 1. The third-order valence-electron chi connectivity index (χ3n) is 1.47. The van der Waals surface area contributed by atoms with E-state index in [1.165, 1.54) is 5.54 Å². The van der Waals surface area contributed by atoms with Crippen molar-refractivity contribution in [3.05, 3.63) is 38.7 Å². The molecule has 0 spiro atoms. The van der Waals surface area contributed by atoms with Gasteiger partial charge in [0.25, 0.3) is 0 Å². The molecule has 0 amide bonds. The van der Waals surface area contributed by atoms with Crippen LogP contribution in [0.2, 0.25) is 0 Å². The van der Waals surface area contributed by atoms with Crippen molar-refractivity contribution in [3.8, 4) is 0 Å². The number of nitrogen functional groups attached to an aromatic ring is 1. The zero-order chi connectivity index (χ0) is 9.84. The zero-order valence-electron chi connectivity index (χ0n) is 6.71. The maximum Gasteiger partial charge on any atom is 0.218 e. The molecule has 1 aromatic rings. The number of hydrogen-bond donors (Lipinski definition) is 1. The topological polar surface area (TPSA) is 48.0 Å². The van der Waals surface area contributed by atoms with Crippen molar-refractivity contribution in [2.45, 2.75) is 6.54 Å². The predicted molar refractivity (Wildman–Crippen MR) is 57.8 cm³/mol. The first-order valence-corrected chi connectivity index (χ1v) is 4.78. The van der Waals surface area contributed by atoms with Crippen LogP contribution in [0.25, 0.3) is 0 Å². The summed E-state index contributed by atoms with van der Waals surface area (Å²) in [5.74, 6) is 0. The van der Waals surface area contributed by atoms with Gasteiger partial charge in [0.05, 0.1) is 10.2 Å². The Morgan fingerprint density at radius 2 is 2.31 bits per heavy atom. The molecule has 0 unspecified atom stereocenters. The minimum absolute atomic E-state index is 0.189. The molecule has 13 heavy (non-hydrogen) atoms. The zero-order valence-corrected chi connectivity index (χ0v) is 9.05. The van der Waals surface area contributed by atoms with Gasteiger partial charge >= 0.3 is 0 Å². The van der Waals surface area contributed by atoms with Gasteiger partial charge in [0.1, 0.15) is 0 Å². The van der Waals surface area contributed by atoms with E-state index in [2.05, 4.69) is 15.9 Å². The number of halogens is 2. The van der Waals surface area contributed by atoms with E-state index < -0.39 is 0 Å². The number of nitrogens with zero attached hydrogens (tertiary/aromatic N) is 1. The van der Waals surface area contributed by atoms with Crippen molar-refractivity contribution < 1.29 is 0 Å². The molecule has 1 rings (SSSR count). The van der Waals surface area contributed by atoms with Crippen LogP contribution < -0.4 is 11.2 Å². The summed E-state index contributed by atoms with van der Waals surface area (Å²) < 4.78 is 2.22. The van der Waals surface area contributed by atoms with Crippen molar-refractivity contribution >= 4 is 33.2 Å². The van der Waals surface area contributed by atoms with Crippen LogP contribution in [-0.4, -0.2) is 4.57 Å². The van der Waals surface area contributed by atoms with E-state index in [0.717, 1.165) is 0 Å². The van der Waals surface area contributed by atoms with Gasteiger partial charge < -0.3 is 10.3 Å². The molecule has 0 fully saturated rings. The minimum atomic E-state index is -0.189. The molecule has 3 nitrogen and oxygen atoms in total. The molecule has 0 aromatic carbocycles. The summed E-state index contributed by atoms with van der Waals surface area (Å²) in [7, 11) is 0. The Morgan fingerprint density at radius 1 is 1.62 bits per heavy atom. The number of allylic oxidation sites excluding steroid dienone is 1. The molecule has 0 aliphatic rings. The standard InChI is InChI=1S/C8H8BrClN2O/c9-6-4-12(3-1-2-10)5-7(11)8(6)13/h1-2,4-5H,3,11H2/b2-1+. The van der Waals surface area contributed by atoms with E-state index in [-0.39, 0.29) is 11.1 Å². The molecule has 0 aliphatic heterocycles. The second-order valence-corrected chi connectivity index (χ2v) is 3.56. The number of hydrogen-bond acceptors (Lipinski definition) is 2. The lowest BCUT2D eigenvalue weighted by Crippen LogP contribution is -2.12. The fourth-order valence-corrected chi connectivity index (χ4v) is 1.46. The summed E-state index contributed by atoms with van der Waals surface area (Å²) in [6.45, 7) is 0.590. The van der Waals surface area contributed by atoms with Crippen LogP contribution in [0.3, 0.4) is 0 Å². The molecule has 0 atom stereocenters. The molecule has 0 saturated carbocycles. The Morgan fingerprint density at radius 3 is 2.85 bits per heavy atom. The third kappa shape index (κ3) is 2.60. The maximum atomic E-state index is 11.2. The van der Waals surface area contributed by atoms with E-state index in [0.29, 0.717) is 11.0 Å². The molecule has 0 radical (unpaired) electrons. The van der Waals surface area contributed by atoms with E-state index >= 15 is 0 Å². The highest BCUT2D eigenvalue weighted by Crippen LogP contribution is 2.06. The van der Waals surface area contributed by atoms with Crippen LogP contribution in [0.15, 0.2) is 33.3 Å². The van der Waals surface area contributed by atoms with Gasteiger partial charge in [-0.15, -0.1) is 0 Å². The Labute approximate surface area is 88.9 Å². The Bertz CT molecular complexity index is 360. The molecule has 0 bridgehead atoms. The molecule has 0 saturated heterocycles. The molecule has 2 N–H and O–H groups in total. The SMILES string of the molecule is Nc1cn(C/C=C/Cl)cc(Br)c1=O. The Hall–Kier alpha value is -0.740. The monoisotopic (exact) mass is 262 g/mol. The van der Waals surface area contributed by atoms with Crippen molar-refractivity contribution in [1.29, 1.82) is 0 Å². The fraction of sp³-hybridized carbons (Fsp3) is 0.125. The van der Waals surface area contributed by atoms with E-state index in [9.17, 15) is 4.79 Å². The molecule has 1 heterocycles. The van der Waals surface area contributed by atoms with E-state index in [1.807, 2.05) is 0 Å². The minimum Gasteiger partial charge on any atom is -0.394 e. The molecular weight excluding hydrogens is 255 g/mol. The van der Waals surface area contributed by atoms with Crippen molar-refractivity contribution in [3.63, 3.8) is 0 Å². The van der Waals surface area contributed by atoms with Crippen molar-refractivity contribution in [2.24, 2.45) is 0 Å². The lowest BCUT2D eigenvalue weighted by molar-refractivity contribution is 0.810. The highest BCUT2D eigenvalue weighted by molar-refractivity contribution is 9.10. The second kappa shape index (κ2) is 4.48. The van der Waals surface area contributed by atoms with Gasteiger partial charge in [-0.25, -0.2) is 0 Å². The Balaban J connectivity index is 3.06. The largest absolute Gasteiger partial charge is 0.394 e. The van der Waals surface area contributed by atoms with Crippen LogP contribution >= 0.6 is 27.5 Å². The van der Waals surface area contributed by atoms with Gasteiger partial charge in [-0.2, -0.15) is 0 Å². The molecule has 5 heteroatoms. The first kappa shape index (κ1) is 10.3. The van der Waals surface area contributed by atoms with Gasteiger partial charge in [0.15, 0.2) is 0 Å². The van der Waals surface area contributed by atoms with E-state index in [1.54, 1.807) is 23.0 Å². The fourth-order valence-electron chi connectivity index (χ4n) is 0.884. The number of aromatic nitrogens is 1. The van der Waals surface area contributed by atoms with Gasteiger partial charge in [0.2, 0.25) is 5.43 Å². The van der Waals surface area contributed by atoms with Gasteiger partial charge in [-0.1, -0.05) is 17.7 Å². The lowest BCUT2D eigenvalue weighted by Gasteiger charge is -2.04. The van der Waals surface area contributed by atoms with Gasteiger partial charge in [0, 0.05) is 24.5 Å². The summed E-state index contributed by atoms with van der Waals surface area (Å²) in [4.78, 5) is 11.2. The quantitative estimate of drug-likeness (QED) is 0.886. The average Bonchev–Trinajstić information content (AvgIpc) is 2.10. The number of pyridine rings is 1. The van der Waals surface area contributed by atoms with Crippen LogP contribution in [0.5, 0.6) is 0 Å². The second-order valence-electron chi connectivity index (χ2n) is 2.45.